The number of hydrogen-bond donors (Lipinski definition) is 1. The lowest BCUT2D eigenvalue weighted by molar-refractivity contribution is -0.130. The molecule has 2 aliphatic rings. The van der Waals surface area contributed by atoms with Gasteiger partial charge in [-0.2, -0.15) is 0 Å². The summed E-state index contributed by atoms with van der Waals surface area (Å²) in [6.07, 6.45) is 3.32. The van der Waals surface area contributed by atoms with Gasteiger partial charge in [-0.25, -0.2) is 0 Å². The van der Waals surface area contributed by atoms with Crippen molar-refractivity contribution in [2.45, 2.75) is 37.5 Å². The van der Waals surface area contributed by atoms with E-state index in [9.17, 15) is 4.79 Å². The summed E-state index contributed by atoms with van der Waals surface area (Å²) in [5.41, 5.74) is -0.292. The molecule has 1 N–H and O–H groups in total. The van der Waals surface area contributed by atoms with Crippen molar-refractivity contribution < 1.29 is 9.53 Å². The van der Waals surface area contributed by atoms with Gasteiger partial charge in [0.1, 0.15) is 11.5 Å². The first kappa shape index (κ1) is 7.25. The molecule has 0 spiro atoms. The number of carbonyl (C=O) groups excluding carboxylic acids is 1. The van der Waals surface area contributed by atoms with Crippen LogP contribution in [0.3, 0.4) is 0 Å². The average Bonchev–Trinajstić information content (AvgIpc) is 2.28. The maximum Gasteiger partial charge on any atom is 0.138 e. The molecule has 0 saturated carbocycles. The third-order valence-corrected chi connectivity index (χ3v) is 2.71. The molecule has 0 amide bonds. The Balaban J connectivity index is 2.18. The zero-order chi connectivity index (χ0) is 7.90. The molecule has 0 aromatic carbocycles. The predicted octanol–water partition coefficient (Wildman–Crippen LogP) is 0.444. The minimum absolute atomic E-state index is 0.292. The second-order valence-electron chi connectivity index (χ2n) is 3.50. The van der Waals surface area contributed by atoms with E-state index in [4.69, 9.17) is 4.74 Å². The van der Waals surface area contributed by atoms with Crippen molar-refractivity contribution in [3.05, 3.63) is 0 Å². The summed E-state index contributed by atoms with van der Waals surface area (Å²) in [4.78, 5) is 11.2. The molecule has 2 bridgehead atoms. The number of fused-ring (bicyclic) bond motifs is 2. The predicted molar refractivity (Wildman–Crippen MR) is 40.1 cm³/mol. The quantitative estimate of drug-likeness (QED) is 0.597. The maximum atomic E-state index is 11.2. The number of piperidine rings is 1. The Morgan fingerprint density at radius 1 is 1.73 bits per heavy atom. The second kappa shape index (κ2) is 2.29. The lowest BCUT2D eigenvalue weighted by Gasteiger charge is -2.32. The van der Waals surface area contributed by atoms with Crippen molar-refractivity contribution in [3.8, 4) is 0 Å². The molecule has 3 heteroatoms. The van der Waals surface area contributed by atoms with Gasteiger partial charge in [-0.1, -0.05) is 0 Å². The van der Waals surface area contributed by atoms with Gasteiger partial charge in [0.25, 0.3) is 0 Å². The summed E-state index contributed by atoms with van der Waals surface area (Å²) < 4.78 is 5.31. The van der Waals surface area contributed by atoms with Crippen molar-refractivity contribution in [3.63, 3.8) is 0 Å². The number of ketones is 1. The SMILES string of the molecule is COC12CCC(CC(=O)C1)N2. The first-order chi connectivity index (χ1) is 5.24. The van der Waals surface area contributed by atoms with E-state index < -0.39 is 0 Å². The summed E-state index contributed by atoms with van der Waals surface area (Å²) in [6, 6.07) is 0.385. The molecule has 0 radical (unpaired) electrons. The molecule has 0 aromatic heterocycles. The zero-order valence-corrected chi connectivity index (χ0v) is 6.72. The monoisotopic (exact) mass is 155 g/mol. The highest BCUT2D eigenvalue weighted by atomic mass is 16.5. The molecule has 3 nitrogen and oxygen atoms in total. The molecule has 2 saturated heterocycles. The fourth-order valence-corrected chi connectivity index (χ4v) is 2.11. The molecule has 2 fully saturated rings. The van der Waals surface area contributed by atoms with E-state index in [0.717, 1.165) is 12.8 Å². The normalized spacial score (nSPS) is 43.0. The fraction of sp³-hybridized carbons (Fsp3) is 0.875. The number of methoxy groups -OCH3 is 1. The third kappa shape index (κ3) is 1.08. The van der Waals surface area contributed by atoms with Crippen LogP contribution in [0.1, 0.15) is 25.7 Å². The van der Waals surface area contributed by atoms with Crippen molar-refractivity contribution in [2.24, 2.45) is 0 Å². The molecule has 0 aliphatic carbocycles. The number of ether oxygens (including phenoxy) is 1. The van der Waals surface area contributed by atoms with Crippen LogP contribution in [0.4, 0.5) is 0 Å². The smallest absolute Gasteiger partial charge is 0.138 e. The average molecular weight is 155 g/mol. The van der Waals surface area contributed by atoms with E-state index in [2.05, 4.69) is 5.32 Å². The van der Waals surface area contributed by atoms with Crippen LogP contribution in [0.15, 0.2) is 0 Å². The van der Waals surface area contributed by atoms with Crippen LogP contribution in [0.2, 0.25) is 0 Å². The Labute approximate surface area is 66.1 Å². The molecule has 2 rings (SSSR count). The number of hydrogen-bond acceptors (Lipinski definition) is 3. The summed E-state index contributed by atoms with van der Waals surface area (Å²) in [7, 11) is 1.67. The number of Topliss-reactive ketones (excluding diaryl/α,β-unsaturated/α-hetero) is 1. The summed E-state index contributed by atoms with van der Waals surface area (Å²) >= 11 is 0. The van der Waals surface area contributed by atoms with E-state index in [1.807, 2.05) is 0 Å². The van der Waals surface area contributed by atoms with Gasteiger partial charge in [0, 0.05) is 26.0 Å². The molecule has 0 aromatic rings. The summed E-state index contributed by atoms with van der Waals surface area (Å²) in [5, 5.41) is 3.34. The highest BCUT2D eigenvalue weighted by molar-refractivity contribution is 5.81. The third-order valence-electron chi connectivity index (χ3n) is 2.71. The van der Waals surface area contributed by atoms with Gasteiger partial charge in [-0.05, 0) is 12.8 Å². The number of nitrogens with one attached hydrogen (secondary N) is 1. The Kier molecular flexibility index (Phi) is 1.51. The number of carbonyl (C=O) groups is 1. The van der Waals surface area contributed by atoms with Crippen molar-refractivity contribution >= 4 is 5.78 Å². The maximum absolute atomic E-state index is 11.2. The van der Waals surface area contributed by atoms with Gasteiger partial charge in [-0.15, -0.1) is 0 Å². The van der Waals surface area contributed by atoms with Crippen LogP contribution in [0.25, 0.3) is 0 Å². The molecule has 11 heavy (non-hydrogen) atoms. The first-order valence-corrected chi connectivity index (χ1v) is 4.09. The standard InChI is InChI=1S/C8H13NO2/c1-11-8-3-2-6(9-8)4-7(10)5-8/h6,9H,2-5H2,1H3. The lowest BCUT2D eigenvalue weighted by Crippen LogP contribution is -2.50. The van der Waals surface area contributed by atoms with E-state index >= 15 is 0 Å². The second-order valence-corrected chi connectivity index (χ2v) is 3.50. The van der Waals surface area contributed by atoms with Crippen LogP contribution in [0, 0.1) is 0 Å². The van der Waals surface area contributed by atoms with Gasteiger partial charge in [0.2, 0.25) is 0 Å². The molecule has 2 heterocycles. The largest absolute Gasteiger partial charge is 0.363 e. The highest BCUT2D eigenvalue weighted by Crippen LogP contribution is 2.33. The van der Waals surface area contributed by atoms with Crippen LogP contribution in [-0.2, 0) is 9.53 Å². The Hall–Kier alpha value is -0.410. The van der Waals surface area contributed by atoms with Crippen LogP contribution in [0.5, 0.6) is 0 Å². The topological polar surface area (TPSA) is 38.3 Å². The van der Waals surface area contributed by atoms with E-state index in [0.29, 0.717) is 24.7 Å². The Bertz CT molecular complexity index is 193. The van der Waals surface area contributed by atoms with Gasteiger partial charge in [0.05, 0.1) is 0 Å². The van der Waals surface area contributed by atoms with Gasteiger partial charge < -0.3 is 4.74 Å². The van der Waals surface area contributed by atoms with Crippen LogP contribution >= 0.6 is 0 Å². The summed E-state index contributed by atoms with van der Waals surface area (Å²) in [5.74, 6) is 0.341. The molecule has 62 valence electrons. The lowest BCUT2D eigenvalue weighted by atomic mass is 10.0. The van der Waals surface area contributed by atoms with Crippen molar-refractivity contribution in [2.75, 3.05) is 7.11 Å². The fourth-order valence-electron chi connectivity index (χ4n) is 2.11. The minimum atomic E-state index is -0.292. The number of rotatable bonds is 1. The van der Waals surface area contributed by atoms with Crippen LogP contribution < -0.4 is 5.32 Å². The van der Waals surface area contributed by atoms with Crippen LogP contribution in [-0.4, -0.2) is 24.7 Å². The van der Waals surface area contributed by atoms with Crippen molar-refractivity contribution in [1.29, 1.82) is 0 Å². The molecule has 2 unspecified atom stereocenters. The molecular weight excluding hydrogens is 142 g/mol. The highest BCUT2D eigenvalue weighted by Gasteiger charge is 2.44. The molecule has 2 aliphatic heterocycles. The minimum Gasteiger partial charge on any atom is -0.363 e. The van der Waals surface area contributed by atoms with Gasteiger partial charge in [0.15, 0.2) is 0 Å². The summed E-state index contributed by atoms with van der Waals surface area (Å²) in [6.45, 7) is 0. The van der Waals surface area contributed by atoms with Crippen molar-refractivity contribution in [1.82, 2.24) is 5.32 Å². The van der Waals surface area contributed by atoms with Gasteiger partial charge >= 0.3 is 0 Å². The zero-order valence-electron chi connectivity index (χ0n) is 6.72. The van der Waals surface area contributed by atoms with E-state index in [1.165, 1.54) is 0 Å². The Morgan fingerprint density at radius 2 is 2.55 bits per heavy atom. The molecule has 2 atom stereocenters. The van der Waals surface area contributed by atoms with E-state index in [1.54, 1.807) is 7.11 Å². The molecular formula is C8H13NO2. The van der Waals surface area contributed by atoms with Gasteiger partial charge in [-0.3, -0.25) is 10.1 Å². The van der Waals surface area contributed by atoms with E-state index in [-0.39, 0.29) is 5.72 Å². The Morgan fingerprint density at radius 3 is 3.27 bits per heavy atom. The first-order valence-electron chi connectivity index (χ1n) is 4.09.